The number of carbonyl (C=O) groups is 1. The number of rotatable bonds is 3. The van der Waals surface area contributed by atoms with Gasteiger partial charge in [-0.3, -0.25) is 4.79 Å². The van der Waals surface area contributed by atoms with Crippen LogP contribution in [0.3, 0.4) is 0 Å². The van der Waals surface area contributed by atoms with Crippen molar-refractivity contribution < 1.29 is 4.79 Å². The fourth-order valence-corrected chi connectivity index (χ4v) is 2.62. The highest BCUT2D eigenvalue weighted by Crippen LogP contribution is 2.16. The van der Waals surface area contributed by atoms with Gasteiger partial charge >= 0.3 is 0 Å². The van der Waals surface area contributed by atoms with Crippen molar-refractivity contribution in [1.29, 1.82) is 0 Å². The van der Waals surface area contributed by atoms with Crippen LogP contribution in [0, 0.1) is 0 Å². The highest BCUT2D eigenvalue weighted by molar-refractivity contribution is 5.74. The molecule has 1 N–H and O–H groups in total. The standard InChI is InChI=1S/C14H22N6O/c1-11(21)20-9-12(10-20)16-13-3-4-15-14(17-13)19-7-5-18(2)6-8-19/h3-4,12H,5-10H2,1-2H3,(H,15,16,17). The molecule has 7 heteroatoms. The smallest absolute Gasteiger partial charge is 0.227 e. The first-order valence-corrected chi connectivity index (χ1v) is 7.40. The molecule has 3 heterocycles. The van der Waals surface area contributed by atoms with E-state index in [1.165, 1.54) is 0 Å². The number of piperazine rings is 1. The van der Waals surface area contributed by atoms with Crippen LogP contribution in [-0.2, 0) is 4.79 Å². The van der Waals surface area contributed by atoms with Crippen LogP contribution in [0.4, 0.5) is 11.8 Å². The average Bonchev–Trinajstić information content (AvgIpc) is 2.43. The van der Waals surface area contributed by atoms with Crippen LogP contribution in [0.15, 0.2) is 12.3 Å². The summed E-state index contributed by atoms with van der Waals surface area (Å²) < 4.78 is 0. The van der Waals surface area contributed by atoms with Crippen LogP contribution >= 0.6 is 0 Å². The molecule has 2 saturated heterocycles. The number of likely N-dealkylation sites (N-methyl/N-ethyl adjacent to an activating group) is 1. The minimum Gasteiger partial charge on any atom is -0.364 e. The van der Waals surface area contributed by atoms with Gasteiger partial charge in [0, 0.05) is 52.4 Å². The zero-order valence-electron chi connectivity index (χ0n) is 12.6. The third-order valence-corrected chi connectivity index (χ3v) is 4.11. The van der Waals surface area contributed by atoms with Gasteiger partial charge in [0.05, 0.1) is 6.04 Å². The van der Waals surface area contributed by atoms with E-state index in [0.717, 1.165) is 51.0 Å². The van der Waals surface area contributed by atoms with Gasteiger partial charge in [0.2, 0.25) is 11.9 Å². The summed E-state index contributed by atoms with van der Waals surface area (Å²) in [7, 11) is 2.13. The maximum Gasteiger partial charge on any atom is 0.227 e. The third-order valence-electron chi connectivity index (χ3n) is 4.11. The Labute approximate surface area is 124 Å². The van der Waals surface area contributed by atoms with Crippen molar-refractivity contribution in [3.8, 4) is 0 Å². The van der Waals surface area contributed by atoms with Crippen molar-refractivity contribution in [2.75, 3.05) is 56.5 Å². The number of likely N-dealkylation sites (tertiary alicyclic amines) is 1. The summed E-state index contributed by atoms with van der Waals surface area (Å²) in [5.41, 5.74) is 0. The lowest BCUT2D eigenvalue weighted by molar-refractivity contribution is -0.132. The minimum atomic E-state index is 0.133. The lowest BCUT2D eigenvalue weighted by Gasteiger charge is -2.39. The van der Waals surface area contributed by atoms with E-state index >= 15 is 0 Å². The van der Waals surface area contributed by atoms with E-state index < -0.39 is 0 Å². The normalized spacial score (nSPS) is 20.3. The second-order valence-electron chi connectivity index (χ2n) is 5.80. The number of nitrogens with one attached hydrogen (secondary N) is 1. The van der Waals surface area contributed by atoms with E-state index in [1.54, 1.807) is 13.1 Å². The molecule has 7 nitrogen and oxygen atoms in total. The summed E-state index contributed by atoms with van der Waals surface area (Å²) in [6.07, 6.45) is 1.80. The first-order valence-electron chi connectivity index (χ1n) is 7.40. The first kappa shape index (κ1) is 14.1. The van der Waals surface area contributed by atoms with Gasteiger partial charge in [-0.2, -0.15) is 4.98 Å². The van der Waals surface area contributed by atoms with Crippen LogP contribution in [-0.4, -0.2) is 78.0 Å². The van der Waals surface area contributed by atoms with E-state index in [4.69, 9.17) is 0 Å². The Morgan fingerprint density at radius 1 is 1.29 bits per heavy atom. The maximum atomic E-state index is 11.2. The number of hydrogen-bond acceptors (Lipinski definition) is 6. The maximum absolute atomic E-state index is 11.2. The second kappa shape index (κ2) is 5.85. The number of nitrogens with zero attached hydrogens (tertiary/aromatic N) is 5. The van der Waals surface area contributed by atoms with Gasteiger partial charge in [-0.05, 0) is 13.1 Å². The van der Waals surface area contributed by atoms with Crippen molar-refractivity contribution >= 4 is 17.7 Å². The number of carbonyl (C=O) groups excluding carboxylic acids is 1. The molecular formula is C14H22N6O. The highest BCUT2D eigenvalue weighted by atomic mass is 16.2. The monoisotopic (exact) mass is 290 g/mol. The Balaban J connectivity index is 1.58. The van der Waals surface area contributed by atoms with Crippen LogP contribution in [0.25, 0.3) is 0 Å². The van der Waals surface area contributed by atoms with E-state index in [1.807, 2.05) is 11.0 Å². The summed E-state index contributed by atoms with van der Waals surface area (Å²) in [4.78, 5) is 26.5. The average molecular weight is 290 g/mol. The molecular weight excluding hydrogens is 268 g/mol. The molecule has 2 fully saturated rings. The summed E-state index contributed by atoms with van der Waals surface area (Å²) in [5, 5.41) is 3.37. The molecule has 0 unspecified atom stereocenters. The zero-order chi connectivity index (χ0) is 14.8. The Morgan fingerprint density at radius 2 is 2.00 bits per heavy atom. The van der Waals surface area contributed by atoms with Gasteiger partial charge in [0.15, 0.2) is 0 Å². The van der Waals surface area contributed by atoms with E-state index in [0.29, 0.717) is 6.04 Å². The molecule has 2 aliphatic rings. The van der Waals surface area contributed by atoms with E-state index in [2.05, 4.69) is 32.1 Å². The molecule has 0 aromatic carbocycles. The molecule has 1 aromatic rings. The predicted molar refractivity (Wildman–Crippen MR) is 81.4 cm³/mol. The molecule has 21 heavy (non-hydrogen) atoms. The number of aromatic nitrogens is 2. The largest absolute Gasteiger partial charge is 0.364 e. The van der Waals surface area contributed by atoms with Crippen LogP contribution in [0.5, 0.6) is 0 Å². The minimum absolute atomic E-state index is 0.133. The third kappa shape index (κ3) is 3.24. The highest BCUT2D eigenvalue weighted by Gasteiger charge is 2.28. The fraction of sp³-hybridized carbons (Fsp3) is 0.643. The summed E-state index contributed by atoms with van der Waals surface area (Å²) in [5.74, 6) is 1.76. The first-order chi connectivity index (χ1) is 10.1. The molecule has 3 rings (SSSR count). The summed E-state index contributed by atoms with van der Waals surface area (Å²) in [6.45, 7) is 7.11. The summed E-state index contributed by atoms with van der Waals surface area (Å²) in [6, 6.07) is 2.18. The topological polar surface area (TPSA) is 64.6 Å². The van der Waals surface area contributed by atoms with Crippen molar-refractivity contribution in [2.24, 2.45) is 0 Å². The number of amides is 1. The predicted octanol–water partition coefficient (Wildman–Crippen LogP) is -0.129. The van der Waals surface area contributed by atoms with Crippen molar-refractivity contribution in [3.63, 3.8) is 0 Å². The molecule has 0 radical (unpaired) electrons. The zero-order valence-corrected chi connectivity index (χ0v) is 12.6. The van der Waals surface area contributed by atoms with Crippen molar-refractivity contribution in [1.82, 2.24) is 19.8 Å². The fourth-order valence-electron chi connectivity index (χ4n) is 2.62. The Kier molecular flexibility index (Phi) is 3.92. The quantitative estimate of drug-likeness (QED) is 0.837. The Hall–Kier alpha value is -1.89. The molecule has 0 atom stereocenters. The molecule has 0 bridgehead atoms. The Bertz CT molecular complexity index is 508. The molecule has 0 spiro atoms. The van der Waals surface area contributed by atoms with Crippen LogP contribution < -0.4 is 10.2 Å². The molecule has 1 aromatic heterocycles. The van der Waals surface area contributed by atoms with Gasteiger partial charge in [-0.1, -0.05) is 0 Å². The molecule has 114 valence electrons. The summed E-state index contributed by atoms with van der Waals surface area (Å²) >= 11 is 0. The number of anilines is 2. The lowest BCUT2D eigenvalue weighted by Crippen LogP contribution is -2.56. The van der Waals surface area contributed by atoms with Crippen LogP contribution in [0.1, 0.15) is 6.92 Å². The van der Waals surface area contributed by atoms with Gasteiger partial charge < -0.3 is 20.0 Å². The van der Waals surface area contributed by atoms with Gasteiger partial charge in [-0.25, -0.2) is 4.98 Å². The van der Waals surface area contributed by atoms with E-state index in [9.17, 15) is 4.79 Å². The van der Waals surface area contributed by atoms with Crippen molar-refractivity contribution in [3.05, 3.63) is 12.3 Å². The van der Waals surface area contributed by atoms with Gasteiger partial charge in [0.1, 0.15) is 5.82 Å². The Morgan fingerprint density at radius 3 is 2.67 bits per heavy atom. The van der Waals surface area contributed by atoms with Crippen molar-refractivity contribution in [2.45, 2.75) is 13.0 Å². The number of hydrogen-bond donors (Lipinski definition) is 1. The lowest BCUT2D eigenvalue weighted by atomic mass is 10.1. The van der Waals surface area contributed by atoms with Gasteiger partial charge in [-0.15, -0.1) is 0 Å². The second-order valence-corrected chi connectivity index (χ2v) is 5.80. The van der Waals surface area contributed by atoms with Gasteiger partial charge in [0.25, 0.3) is 0 Å². The molecule has 0 aliphatic carbocycles. The SMILES string of the molecule is CC(=O)N1CC(Nc2ccnc(N3CCN(C)CC3)n2)C1. The van der Waals surface area contributed by atoms with E-state index in [-0.39, 0.29) is 5.91 Å². The molecule has 1 amide bonds. The molecule has 2 aliphatic heterocycles. The van der Waals surface area contributed by atoms with Crippen LogP contribution in [0.2, 0.25) is 0 Å². The molecule has 0 saturated carbocycles.